The van der Waals surface area contributed by atoms with Crippen LogP contribution in [0.3, 0.4) is 0 Å². The van der Waals surface area contributed by atoms with Gasteiger partial charge in [0.15, 0.2) is 0 Å². The van der Waals surface area contributed by atoms with Crippen molar-refractivity contribution in [1.82, 2.24) is 9.80 Å². The standard InChI is InChI=1S/C15H24N2O4/c1-10-3-5-12(6-4-10)15(21)17-8-7-16(9-13(18)19)14(20)11(17)2/h10-12H,3-9H2,1-2H3,(H,18,19)/t10?,11-,12?/m1/s1. The number of carbonyl (C=O) groups is 3. The van der Waals surface area contributed by atoms with Crippen molar-refractivity contribution in [2.75, 3.05) is 19.6 Å². The Labute approximate surface area is 125 Å². The summed E-state index contributed by atoms with van der Waals surface area (Å²) in [6.45, 7) is 4.36. The van der Waals surface area contributed by atoms with Gasteiger partial charge in [0, 0.05) is 19.0 Å². The highest BCUT2D eigenvalue weighted by Crippen LogP contribution is 2.30. The van der Waals surface area contributed by atoms with Crippen molar-refractivity contribution in [1.29, 1.82) is 0 Å². The Hall–Kier alpha value is -1.59. The quantitative estimate of drug-likeness (QED) is 0.841. The van der Waals surface area contributed by atoms with Crippen molar-refractivity contribution in [2.45, 2.75) is 45.6 Å². The number of piperazine rings is 1. The van der Waals surface area contributed by atoms with Crippen molar-refractivity contribution in [3.8, 4) is 0 Å². The summed E-state index contributed by atoms with van der Waals surface area (Å²) >= 11 is 0. The molecular formula is C15H24N2O4. The monoisotopic (exact) mass is 296 g/mol. The highest BCUT2D eigenvalue weighted by Gasteiger charge is 2.38. The van der Waals surface area contributed by atoms with E-state index in [4.69, 9.17) is 5.11 Å². The van der Waals surface area contributed by atoms with Gasteiger partial charge in [-0.05, 0) is 38.5 Å². The fourth-order valence-electron chi connectivity index (χ4n) is 3.29. The Morgan fingerprint density at radius 2 is 1.76 bits per heavy atom. The fraction of sp³-hybridized carbons (Fsp3) is 0.800. The lowest BCUT2D eigenvalue weighted by Gasteiger charge is -2.40. The molecule has 1 aliphatic carbocycles. The van der Waals surface area contributed by atoms with Crippen molar-refractivity contribution in [2.24, 2.45) is 11.8 Å². The van der Waals surface area contributed by atoms with Crippen molar-refractivity contribution in [3.63, 3.8) is 0 Å². The molecule has 0 spiro atoms. The molecule has 2 fully saturated rings. The van der Waals surface area contributed by atoms with Crippen LogP contribution in [0, 0.1) is 11.8 Å². The van der Waals surface area contributed by atoms with Crippen LogP contribution in [0.15, 0.2) is 0 Å². The maximum absolute atomic E-state index is 12.6. The first-order chi connectivity index (χ1) is 9.90. The van der Waals surface area contributed by atoms with E-state index in [1.165, 1.54) is 4.90 Å². The molecule has 1 saturated heterocycles. The van der Waals surface area contributed by atoms with E-state index in [-0.39, 0.29) is 24.3 Å². The molecule has 0 aromatic carbocycles. The molecule has 2 rings (SSSR count). The predicted octanol–water partition coefficient (Wildman–Crippen LogP) is 0.957. The molecule has 2 aliphatic rings. The van der Waals surface area contributed by atoms with Crippen LogP contribution in [0.2, 0.25) is 0 Å². The minimum atomic E-state index is -1.02. The number of nitrogens with zero attached hydrogens (tertiary/aromatic N) is 2. The van der Waals surface area contributed by atoms with Crippen LogP contribution < -0.4 is 0 Å². The molecule has 1 aliphatic heterocycles. The van der Waals surface area contributed by atoms with Gasteiger partial charge in [0.1, 0.15) is 12.6 Å². The van der Waals surface area contributed by atoms with Gasteiger partial charge in [0.2, 0.25) is 11.8 Å². The molecular weight excluding hydrogens is 272 g/mol. The number of hydrogen-bond donors (Lipinski definition) is 1. The van der Waals surface area contributed by atoms with Crippen LogP contribution in [0.5, 0.6) is 0 Å². The number of hydrogen-bond acceptors (Lipinski definition) is 3. The van der Waals surface area contributed by atoms with E-state index in [1.807, 2.05) is 0 Å². The van der Waals surface area contributed by atoms with E-state index in [9.17, 15) is 14.4 Å². The summed E-state index contributed by atoms with van der Waals surface area (Å²) in [5.41, 5.74) is 0. The topological polar surface area (TPSA) is 77.9 Å². The average molecular weight is 296 g/mol. The van der Waals surface area contributed by atoms with Gasteiger partial charge < -0.3 is 14.9 Å². The fourth-order valence-corrected chi connectivity index (χ4v) is 3.29. The summed E-state index contributed by atoms with van der Waals surface area (Å²) in [6, 6.07) is -0.551. The summed E-state index contributed by atoms with van der Waals surface area (Å²) in [4.78, 5) is 38.5. The third-order valence-electron chi connectivity index (χ3n) is 4.72. The lowest BCUT2D eigenvalue weighted by Crippen LogP contribution is -2.59. The second-order valence-corrected chi connectivity index (χ2v) is 6.32. The maximum Gasteiger partial charge on any atom is 0.323 e. The number of carboxylic acids is 1. The summed E-state index contributed by atoms with van der Waals surface area (Å²) in [5, 5.41) is 8.80. The molecule has 0 aromatic heterocycles. The first-order valence-electron chi connectivity index (χ1n) is 7.71. The Bertz CT molecular complexity index is 429. The minimum absolute atomic E-state index is 0.0301. The van der Waals surface area contributed by atoms with Crippen molar-refractivity contribution >= 4 is 17.8 Å². The second kappa shape index (κ2) is 6.45. The molecule has 1 saturated carbocycles. The van der Waals surface area contributed by atoms with Crippen molar-refractivity contribution < 1.29 is 19.5 Å². The number of carbonyl (C=O) groups excluding carboxylic acids is 2. The molecule has 1 N–H and O–H groups in total. The first-order valence-corrected chi connectivity index (χ1v) is 7.71. The largest absolute Gasteiger partial charge is 0.480 e. The Kier molecular flexibility index (Phi) is 4.85. The van der Waals surface area contributed by atoms with Gasteiger partial charge >= 0.3 is 5.97 Å². The van der Waals surface area contributed by atoms with Gasteiger partial charge in [-0.25, -0.2) is 0 Å². The molecule has 1 heterocycles. The normalized spacial score (nSPS) is 30.4. The summed E-state index contributed by atoms with van der Waals surface area (Å²) in [7, 11) is 0. The third-order valence-corrected chi connectivity index (χ3v) is 4.72. The van der Waals surface area contributed by atoms with Gasteiger partial charge in [-0.15, -0.1) is 0 Å². The molecule has 0 bridgehead atoms. The molecule has 1 atom stereocenters. The van der Waals surface area contributed by atoms with E-state index in [0.29, 0.717) is 19.0 Å². The van der Waals surface area contributed by atoms with Gasteiger partial charge in [0.05, 0.1) is 0 Å². The zero-order valence-corrected chi connectivity index (χ0v) is 12.7. The molecule has 118 valence electrons. The predicted molar refractivity (Wildman–Crippen MR) is 76.5 cm³/mol. The summed E-state index contributed by atoms with van der Waals surface area (Å²) in [6.07, 6.45) is 3.93. The van der Waals surface area contributed by atoms with Crippen LogP contribution in [-0.4, -0.2) is 58.4 Å². The van der Waals surface area contributed by atoms with Crippen LogP contribution >= 0.6 is 0 Å². The van der Waals surface area contributed by atoms with E-state index in [0.717, 1.165) is 25.7 Å². The number of aliphatic carboxylic acids is 1. The smallest absolute Gasteiger partial charge is 0.323 e. The minimum Gasteiger partial charge on any atom is -0.480 e. The Balaban J connectivity index is 1.97. The third kappa shape index (κ3) is 3.54. The number of carboxylic acid groups (broad SMARTS) is 1. The van der Waals surface area contributed by atoms with Crippen LogP contribution in [0.1, 0.15) is 39.5 Å². The lowest BCUT2D eigenvalue weighted by molar-refractivity contribution is -0.156. The molecule has 0 aromatic rings. The lowest BCUT2D eigenvalue weighted by atomic mass is 9.82. The summed E-state index contributed by atoms with van der Waals surface area (Å²) < 4.78 is 0. The van der Waals surface area contributed by atoms with Crippen molar-refractivity contribution in [3.05, 3.63) is 0 Å². The van der Waals surface area contributed by atoms with Gasteiger partial charge in [-0.2, -0.15) is 0 Å². The molecule has 0 radical (unpaired) electrons. The Morgan fingerprint density at radius 1 is 1.14 bits per heavy atom. The van der Waals surface area contributed by atoms with E-state index < -0.39 is 12.0 Å². The molecule has 2 amide bonds. The van der Waals surface area contributed by atoms with Crippen LogP contribution in [0.25, 0.3) is 0 Å². The molecule has 6 heteroatoms. The second-order valence-electron chi connectivity index (χ2n) is 6.32. The SMILES string of the molecule is CC1CCC(C(=O)N2CCN(CC(=O)O)C(=O)[C@H]2C)CC1. The average Bonchev–Trinajstić information content (AvgIpc) is 2.44. The van der Waals surface area contributed by atoms with E-state index >= 15 is 0 Å². The van der Waals surface area contributed by atoms with Crippen LogP contribution in [0.4, 0.5) is 0 Å². The maximum atomic E-state index is 12.6. The summed E-state index contributed by atoms with van der Waals surface area (Å²) in [5.74, 6) is -0.501. The highest BCUT2D eigenvalue weighted by atomic mass is 16.4. The van der Waals surface area contributed by atoms with Crippen LogP contribution in [-0.2, 0) is 14.4 Å². The van der Waals surface area contributed by atoms with Gasteiger partial charge in [-0.3, -0.25) is 14.4 Å². The molecule has 6 nitrogen and oxygen atoms in total. The van der Waals surface area contributed by atoms with E-state index in [1.54, 1.807) is 11.8 Å². The van der Waals surface area contributed by atoms with Gasteiger partial charge in [-0.1, -0.05) is 6.92 Å². The highest BCUT2D eigenvalue weighted by molar-refractivity contribution is 5.91. The number of amides is 2. The first kappa shape index (κ1) is 15.8. The zero-order valence-electron chi connectivity index (χ0n) is 12.7. The van der Waals surface area contributed by atoms with E-state index in [2.05, 4.69) is 6.92 Å². The Morgan fingerprint density at radius 3 is 2.33 bits per heavy atom. The van der Waals surface area contributed by atoms with Gasteiger partial charge in [0.25, 0.3) is 0 Å². The molecule has 0 unspecified atom stereocenters. The zero-order chi connectivity index (χ0) is 15.6. The number of rotatable bonds is 3. The molecule has 21 heavy (non-hydrogen) atoms.